The average molecular weight is 247 g/mol. The van der Waals surface area contributed by atoms with E-state index in [4.69, 9.17) is 0 Å². The van der Waals surface area contributed by atoms with E-state index >= 15 is 0 Å². The molecule has 1 aliphatic heterocycles. The molecule has 0 saturated carbocycles. The summed E-state index contributed by atoms with van der Waals surface area (Å²) in [5.41, 5.74) is 1.45. The Hall–Kier alpha value is -2.04. The van der Waals surface area contributed by atoms with Crippen molar-refractivity contribution in [3.05, 3.63) is 24.3 Å². The van der Waals surface area contributed by atoms with Gasteiger partial charge in [0.25, 0.3) is 0 Å². The summed E-state index contributed by atoms with van der Waals surface area (Å²) in [4.78, 5) is 27.2. The molecule has 18 heavy (non-hydrogen) atoms. The average Bonchev–Trinajstić information content (AvgIpc) is 2.39. The van der Waals surface area contributed by atoms with Gasteiger partial charge in [0.15, 0.2) is 0 Å². The zero-order valence-corrected chi connectivity index (χ0v) is 10.6. The fraction of sp³-hybridized carbons (Fsp3) is 0.385. The van der Waals surface area contributed by atoms with Crippen molar-refractivity contribution in [2.45, 2.75) is 13.8 Å². The van der Waals surface area contributed by atoms with Gasteiger partial charge in [0, 0.05) is 13.1 Å². The number of carbonyl (C=O) groups excluding carboxylic acids is 2. The van der Waals surface area contributed by atoms with Gasteiger partial charge in [-0.2, -0.15) is 0 Å². The molecule has 3 amide bonds. The Morgan fingerprint density at radius 2 is 2.00 bits per heavy atom. The zero-order valence-electron chi connectivity index (χ0n) is 10.6. The molecule has 96 valence electrons. The van der Waals surface area contributed by atoms with Crippen LogP contribution in [0.25, 0.3) is 0 Å². The maximum atomic E-state index is 12.3. The van der Waals surface area contributed by atoms with Crippen LogP contribution in [0.4, 0.5) is 16.2 Å². The quantitative estimate of drug-likeness (QED) is 0.868. The summed E-state index contributed by atoms with van der Waals surface area (Å²) >= 11 is 0. The van der Waals surface area contributed by atoms with Crippen LogP contribution in [-0.4, -0.2) is 36.5 Å². The molecule has 0 unspecified atom stereocenters. The van der Waals surface area contributed by atoms with Gasteiger partial charge >= 0.3 is 6.03 Å². The summed E-state index contributed by atoms with van der Waals surface area (Å²) < 4.78 is 0. The van der Waals surface area contributed by atoms with E-state index in [1.807, 2.05) is 32.0 Å². The molecule has 0 radical (unpaired) electrons. The predicted molar refractivity (Wildman–Crippen MR) is 70.7 cm³/mol. The van der Waals surface area contributed by atoms with Crippen LogP contribution in [0.2, 0.25) is 0 Å². The van der Waals surface area contributed by atoms with E-state index in [0.717, 1.165) is 5.69 Å². The highest BCUT2D eigenvalue weighted by Crippen LogP contribution is 2.29. The summed E-state index contributed by atoms with van der Waals surface area (Å²) in [6.45, 7) is 5.20. The molecule has 0 aliphatic carbocycles. The molecular weight excluding hydrogens is 230 g/mol. The monoisotopic (exact) mass is 247 g/mol. The molecule has 5 heteroatoms. The number of rotatable bonds is 2. The summed E-state index contributed by atoms with van der Waals surface area (Å²) in [6, 6.07) is 7.22. The molecule has 0 spiro atoms. The highest BCUT2D eigenvalue weighted by Gasteiger charge is 2.28. The molecular formula is C13H17N3O2. The third-order valence-electron chi connectivity index (χ3n) is 3.04. The smallest absolute Gasteiger partial charge is 0.325 e. The molecule has 1 aromatic rings. The highest BCUT2D eigenvalue weighted by atomic mass is 16.2. The lowest BCUT2D eigenvalue weighted by Gasteiger charge is -2.33. The van der Waals surface area contributed by atoms with E-state index in [1.54, 1.807) is 11.0 Å². The van der Waals surface area contributed by atoms with Crippen molar-refractivity contribution < 1.29 is 9.59 Å². The van der Waals surface area contributed by atoms with E-state index in [0.29, 0.717) is 18.8 Å². The Balaban J connectivity index is 2.34. The van der Waals surface area contributed by atoms with Crippen molar-refractivity contribution in [2.24, 2.45) is 0 Å². The van der Waals surface area contributed by atoms with Crippen molar-refractivity contribution in [1.29, 1.82) is 0 Å². The Morgan fingerprint density at radius 3 is 2.67 bits per heavy atom. The lowest BCUT2D eigenvalue weighted by Crippen LogP contribution is -2.48. The maximum absolute atomic E-state index is 12.3. The molecule has 1 aliphatic rings. The lowest BCUT2D eigenvalue weighted by molar-refractivity contribution is -0.115. The van der Waals surface area contributed by atoms with E-state index in [1.165, 1.54) is 4.90 Å². The fourth-order valence-electron chi connectivity index (χ4n) is 2.07. The van der Waals surface area contributed by atoms with Crippen LogP contribution < -0.4 is 10.2 Å². The number of hydrogen-bond acceptors (Lipinski definition) is 2. The number of para-hydroxylation sites is 2. The van der Waals surface area contributed by atoms with Gasteiger partial charge in [0.1, 0.15) is 6.54 Å². The second-order valence-corrected chi connectivity index (χ2v) is 4.11. The number of anilines is 2. The summed E-state index contributed by atoms with van der Waals surface area (Å²) in [5.74, 6) is -0.158. The predicted octanol–water partition coefficient (Wildman–Crippen LogP) is 1.91. The SMILES string of the molecule is CCN(CC)C(=O)N1CC(=O)Nc2ccccc21. The molecule has 0 atom stereocenters. The molecule has 0 saturated heterocycles. The van der Waals surface area contributed by atoms with Crippen LogP contribution in [0.5, 0.6) is 0 Å². The summed E-state index contributed by atoms with van der Waals surface area (Å²) in [6.07, 6.45) is 0. The van der Waals surface area contributed by atoms with Crippen LogP contribution in [0.3, 0.4) is 0 Å². The number of amides is 3. The third-order valence-corrected chi connectivity index (χ3v) is 3.04. The molecule has 5 nitrogen and oxygen atoms in total. The van der Waals surface area contributed by atoms with Gasteiger partial charge in [-0.25, -0.2) is 4.79 Å². The van der Waals surface area contributed by atoms with E-state index in [2.05, 4.69) is 5.32 Å². The van der Waals surface area contributed by atoms with Crippen molar-refractivity contribution >= 4 is 23.3 Å². The fourth-order valence-corrected chi connectivity index (χ4v) is 2.07. The third kappa shape index (κ3) is 2.16. The van der Waals surface area contributed by atoms with Gasteiger partial charge in [-0.3, -0.25) is 9.69 Å². The largest absolute Gasteiger partial charge is 0.325 e. The maximum Gasteiger partial charge on any atom is 0.325 e. The summed E-state index contributed by atoms with van der Waals surface area (Å²) in [7, 11) is 0. The van der Waals surface area contributed by atoms with E-state index in [9.17, 15) is 9.59 Å². The number of nitrogens with zero attached hydrogens (tertiary/aromatic N) is 2. The Labute approximate surface area is 106 Å². The number of fused-ring (bicyclic) bond motifs is 1. The van der Waals surface area contributed by atoms with Crippen molar-refractivity contribution in [3.8, 4) is 0 Å². The normalized spacial score (nSPS) is 13.9. The molecule has 1 aromatic carbocycles. The first-order valence-corrected chi connectivity index (χ1v) is 6.12. The van der Waals surface area contributed by atoms with Crippen LogP contribution in [-0.2, 0) is 4.79 Å². The number of urea groups is 1. The Morgan fingerprint density at radius 1 is 1.33 bits per heavy atom. The number of carbonyl (C=O) groups is 2. The van der Waals surface area contributed by atoms with Crippen LogP contribution in [0.1, 0.15) is 13.8 Å². The molecule has 1 N–H and O–H groups in total. The van der Waals surface area contributed by atoms with E-state index in [-0.39, 0.29) is 18.5 Å². The molecule has 0 bridgehead atoms. The highest BCUT2D eigenvalue weighted by molar-refractivity contribution is 6.09. The minimum absolute atomic E-state index is 0.0757. The van der Waals surface area contributed by atoms with Crippen LogP contribution >= 0.6 is 0 Å². The van der Waals surface area contributed by atoms with Crippen molar-refractivity contribution in [1.82, 2.24) is 4.90 Å². The standard InChI is InChI=1S/C13H17N3O2/c1-3-15(4-2)13(18)16-9-12(17)14-10-7-5-6-8-11(10)16/h5-8H,3-4,9H2,1-2H3,(H,14,17). The van der Waals surface area contributed by atoms with Crippen LogP contribution in [0.15, 0.2) is 24.3 Å². The zero-order chi connectivity index (χ0) is 13.1. The molecule has 0 aromatic heterocycles. The Kier molecular flexibility index (Phi) is 3.50. The molecule has 1 heterocycles. The lowest BCUT2D eigenvalue weighted by atomic mass is 10.2. The van der Waals surface area contributed by atoms with Gasteiger partial charge in [-0.15, -0.1) is 0 Å². The number of hydrogen-bond donors (Lipinski definition) is 1. The van der Waals surface area contributed by atoms with Gasteiger partial charge in [0.05, 0.1) is 11.4 Å². The van der Waals surface area contributed by atoms with Crippen molar-refractivity contribution in [2.75, 3.05) is 29.9 Å². The number of nitrogens with one attached hydrogen (secondary N) is 1. The number of benzene rings is 1. The second kappa shape index (κ2) is 5.08. The summed E-state index contributed by atoms with van der Waals surface area (Å²) in [5, 5.41) is 2.77. The molecule has 0 fully saturated rings. The van der Waals surface area contributed by atoms with E-state index < -0.39 is 0 Å². The Bertz CT molecular complexity index is 469. The van der Waals surface area contributed by atoms with Gasteiger partial charge < -0.3 is 10.2 Å². The minimum Gasteiger partial charge on any atom is -0.325 e. The second-order valence-electron chi connectivity index (χ2n) is 4.11. The first-order valence-electron chi connectivity index (χ1n) is 6.12. The van der Waals surface area contributed by atoms with Crippen molar-refractivity contribution in [3.63, 3.8) is 0 Å². The molecule has 2 rings (SSSR count). The minimum atomic E-state index is -0.158. The first kappa shape index (κ1) is 12.4. The topological polar surface area (TPSA) is 52.7 Å². The van der Waals surface area contributed by atoms with Gasteiger partial charge in [0.2, 0.25) is 5.91 Å². The van der Waals surface area contributed by atoms with Gasteiger partial charge in [-0.1, -0.05) is 12.1 Å². The van der Waals surface area contributed by atoms with Crippen LogP contribution in [0, 0.1) is 0 Å². The first-order chi connectivity index (χ1) is 8.67. The van der Waals surface area contributed by atoms with Gasteiger partial charge in [-0.05, 0) is 26.0 Å².